The van der Waals surface area contributed by atoms with Gasteiger partial charge in [-0.15, -0.1) is 0 Å². The van der Waals surface area contributed by atoms with Crippen molar-refractivity contribution in [1.29, 1.82) is 0 Å². The molecule has 0 aromatic heterocycles. The predicted octanol–water partition coefficient (Wildman–Crippen LogP) is -0.758. The van der Waals surface area contributed by atoms with E-state index >= 15 is 0 Å². The lowest BCUT2D eigenvalue weighted by Crippen LogP contribution is -2.55. The molecule has 3 N–H and O–H groups in total. The van der Waals surface area contributed by atoms with E-state index in [1.54, 1.807) is 0 Å². The third-order valence-corrected chi connectivity index (χ3v) is 3.25. The van der Waals surface area contributed by atoms with E-state index in [2.05, 4.69) is 0 Å². The Kier molecular flexibility index (Phi) is 3.58. The number of aliphatic hydroxyl groups is 3. The summed E-state index contributed by atoms with van der Waals surface area (Å²) in [6.45, 7) is 0.383. The van der Waals surface area contributed by atoms with Gasteiger partial charge < -0.3 is 24.8 Å². The van der Waals surface area contributed by atoms with Crippen LogP contribution < -0.4 is 0 Å². The SMILES string of the molecule is OCC1OC2OCCCCC1C(O)C2O. The Labute approximate surface area is 88.6 Å². The van der Waals surface area contributed by atoms with Gasteiger partial charge in [0.1, 0.15) is 6.10 Å². The van der Waals surface area contributed by atoms with Crippen LogP contribution >= 0.6 is 0 Å². The van der Waals surface area contributed by atoms with E-state index in [4.69, 9.17) is 14.6 Å². The van der Waals surface area contributed by atoms with Crippen LogP contribution in [0.4, 0.5) is 0 Å². The molecule has 0 aromatic carbocycles. The largest absolute Gasteiger partial charge is 0.394 e. The molecule has 5 unspecified atom stereocenters. The van der Waals surface area contributed by atoms with E-state index in [1.165, 1.54) is 0 Å². The summed E-state index contributed by atoms with van der Waals surface area (Å²) in [6, 6.07) is 0. The molecule has 15 heavy (non-hydrogen) atoms. The third kappa shape index (κ3) is 2.16. The van der Waals surface area contributed by atoms with Gasteiger partial charge in [-0.25, -0.2) is 0 Å². The molecule has 3 aliphatic rings. The van der Waals surface area contributed by atoms with Crippen molar-refractivity contribution in [1.82, 2.24) is 0 Å². The minimum absolute atomic E-state index is 0.145. The number of hydrogen-bond acceptors (Lipinski definition) is 5. The standard InChI is InChI=1S/C10H18O5/c11-5-7-6-3-1-2-4-14-10(15-7)9(13)8(6)12/h6-13H,1-5H2. The summed E-state index contributed by atoms with van der Waals surface area (Å²) in [6.07, 6.45) is -0.526. The van der Waals surface area contributed by atoms with Gasteiger partial charge in [-0.05, 0) is 12.8 Å². The number of ether oxygens (including phenoxy) is 2. The maximum atomic E-state index is 9.88. The highest BCUT2D eigenvalue weighted by molar-refractivity contribution is 4.89. The molecular formula is C10H18O5. The molecule has 0 aliphatic carbocycles. The number of hydrogen-bond donors (Lipinski definition) is 3. The summed E-state index contributed by atoms with van der Waals surface area (Å²) >= 11 is 0. The molecule has 0 amide bonds. The molecule has 0 spiro atoms. The van der Waals surface area contributed by atoms with Crippen LogP contribution in [0.5, 0.6) is 0 Å². The highest BCUT2D eigenvalue weighted by Crippen LogP contribution is 2.31. The Hall–Kier alpha value is -0.200. The lowest BCUT2D eigenvalue weighted by atomic mass is 9.85. The zero-order valence-electron chi connectivity index (χ0n) is 8.58. The van der Waals surface area contributed by atoms with E-state index in [1.807, 2.05) is 0 Å². The van der Waals surface area contributed by atoms with Gasteiger partial charge in [0.05, 0.1) is 18.8 Å². The third-order valence-electron chi connectivity index (χ3n) is 3.25. The van der Waals surface area contributed by atoms with Crippen molar-refractivity contribution in [3.05, 3.63) is 0 Å². The van der Waals surface area contributed by atoms with Gasteiger partial charge in [-0.3, -0.25) is 0 Å². The maximum Gasteiger partial charge on any atom is 0.186 e. The molecule has 2 bridgehead atoms. The zero-order valence-corrected chi connectivity index (χ0v) is 8.58. The van der Waals surface area contributed by atoms with Crippen LogP contribution in [-0.4, -0.2) is 53.1 Å². The van der Waals surface area contributed by atoms with E-state index in [0.29, 0.717) is 6.61 Å². The Morgan fingerprint density at radius 2 is 1.93 bits per heavy atom. The van der Waals surface area contributed by atoms with E-state index < -0.39 is 24.6 Å². The summed E-state index contributed by atoms with van der Waals surface area (Å²) in [7, 11) is 0. The van der Waals surface area contributed by atoms with Crippen molar-refractivity contribution in [2.24, 2.45) is 5.92 Å². The topological polar surface area (TPSA) is 79.2 Å². The van der Waals surface area contributed by atoms with Gasteiger partial charge in [0, 0.05) is 12.5 Å². The molecule has 3 aliphatic heterocycles. The molecule has 3 fully saturated rings. The fourth-order valence-electron chi connectivity index (χ4n) is 2.34. The van der Waals surface area contributed by atoms with Crippen LogP contribution in [0.3, 0.4) is 0 Å². The number of rotatable bonds is 1. The molecule has 88 valence electrons. The molecule has 3 rings (SSSR count). The Balaban J connectivity index is 2.16. The molecule has 0 radical (unpaired) electrons. The minimum Gasteiger partial charge on any atom is -0.394 e. The number of fused-ring (bicyclic) bond motifs is 6. The quantitative estimate of drug-likeness (QED) is 0.539. The van der Waals surface area contributed by atoms with Crippen molar-refractivity contribution >= 4 is 0 Å². The fraction of sp³-hybridized carbons (Fsp3) is 1.00. The molecule has 5 atom stereocenters. The first-order valence-corrected chi connectivity index (χ1v) is 5.48. The van der Waals surface area contributed by atoms with Gasteiger partial charge >= 0.3 is 0 Å². The highest BCUT2D eigenvalue weighted by atomic mass is 16.7. The van der Waals surface area contributed by atoms with Gasteiger partial charge in [0.15, 0.2) is 6.29 Å². The van der Waals surface area contributed by atoms with Crippen LogP contribution in [0.25, 0.3) is 0 Å². The molecule has 5 nitrogen and oxygen atoms in total. The lowest BCUT2D eigenvalue weighted by molar-refractivity contribution is -0.287. The molecule has 0 aromatic rings. The summed E-state index contributed by atoms with van der Waals surface area (Å²) in [5.41, 5.74) is 0. The molecule has 5 heteroatoms. The van der Waals surface area contributed by atoms with Gasteiger partial charge in [-0.2, -0.15) is 0 Å². The Morgan fingerprint density at radius 3 is 2.67 bits per heavy atom. The summed E-state index contributed by atoms with van der Waals surface area (Å²) in [5, 5.41) is 28.8. The van der Waals surface area contributed by atoms with Crippen molar-refractivity contribution in [2.75, 3.05) is 13.2 Å². The average Bonchev–Trinajstić information content (AvgIpc) is 2.38. The van der Waals surface area contributed by atoms with Crippen molar-refractivity contribution in [3.63, 3.8) is 0 Å². The summed E-state index contributed by atoms with van der Waals surface area (Å²) in [5.74, 6) is -0.192. The van der Waals surface area contributed by atoms with E-state index in [0.717, 1.165) is 19.3 Å². The molecular weight excluding hydrogens is 200 g/mol. The van der Waals surface area contributed by atoms with Gasteiger partial charge in [0.25, 0.3) is 0 Å². The Morgan fingerprint density at radius 1 is 1.13 bits per heavy atom. The minimum atomic E-state index is -1.00. The monoisotopic (exact) mass is 218 g/mol. The van der Waals surface area contributed by atoms with Crippen LogP contribution in [0.15, 0.2) is 0 Å². The first kappa shape index (κ1) is 11.3. The van der Waals surface area contributed by atoms with Crippen molar-refractivity contribution in [3.8, 4) is 0 Å². The van der Waals surface area contributed by atoms with Crippen molar-refractivity contribution < 1.29 is 24.8 Å². The second kappa shape index (κ2) is 4.76. The smallest absolute Gasteiger partial charge is 0.186 e. The lowest BCUT2D eigenvalue weighted by Gasteiger charge is -2.41. The van der Waals surface area contributed by atoms with Crippen LogP contribution in [-0.2, 0) is 9.47 Å². The number of aliphatic hydroxyl groups excluding tert-OH is 3. The first-order chi connectivity index (χ1) is 7.24. The van der Waals surface area contributed by atoms with E-state index in [-0.39, 0.29) is 12.5 Å². The second-order valence-electron chi connectivity index (χ2n) is 4.24. The Bertz CT molecular complexity index is 206. The van der Waals surface area contributed by atoms with Gasteiger partial charge in [-0.1, -0.05) is 6.42 Å². The molecule has 0 saturated carbocycles. The summed E-state index contributed by atoms with van der Waals surface area (Å²) in [4.78, 5) is 0. The van der Waals surface area contributed by atoms with Gasteiger partial charge in [0.2, 0.25) is 0 Å². The second-order valence-corrected chi connectivity index (χ2v) is 4.24. The highest BCUT2D eigenvalue weighted by Gasteiger charge is 2.44. The first-order valence-electron chi connectivity index (χ1n) is 5.48. The molecule has 3 saturated heterocycles. The maximum absolute atomic E-state index is 9.88. The van der Waals surface area contributed by atoms with Crippen LogP contribution in [0.2, 0.25) is 0 Å². The van der Waals surface area contributed by atoms with Crippen LogP contribution in [0.1, 0.15) is 19.3 Å². The normalized spacial score (nSPS) is 47.0. The molecule has 3 heterocycles. The van der Waals surface area contributed by atoms with Crippen LogP contribution in [0, 0.1) is 5.92 Å². The average molecular weight is 218 g/mol. The predicted molar refractivity (Wildman–Crippen MR) is 51.1 cm³/mol. The fourth-order valence-corrected chi connectivity index (χ4v) is 2.34. The zero-order chi connectivity index (χ0) is 10.8. The van der Waals surface area contributed by atoms with Crippen molar-refractivity contribution in [2.45, 2.75) is 43.9 Å². The summed E-state index contributed by atoms with van der Waals surface area (Å²) < 4.78 is 10.7. The van der Waals surface area contributed by atoms with E-state index in [9.17, 15) is 10.2 Å².